The van der Waals surface area contributed by atoms with Crippen LogP contribution in [0.1, 0.15) is 32.3 Å². The first-order valence-electron chi connectivity index (χ1n) is 10.6. The van der Waals surface area contributed by atoms with Gasteiger partial charge in [-0.1, -0.05) is 38.1 Å². The first kappa shape index (κ1) is 24.1. The molecule has 0 radical (unpaired) electrons. The summed E-state index contributed by atoms with van der Waals surface area (Å²) in [5.41, 5.74) is 2.27. The van der Waals surface area contributed by atoms with Crippen LogP contribution in [-0.2, 0) is 21.5 Å². The van der Waals surface area contributed by atoms with Crippen LogP contribution in [0.5, 0.6) is 5.75 Å². The molecule has 32 heavy (non-hydrogen) atoms. The third-order valence-electron chi connectivity index (χ3n) is 5.45. The average Bonchev–Trinajstić information content (AvgIpc) is 2.80. The molecule has 3 rings (SSSR count). The molecule has 0 unspecified atom stereocenters. The molecule has 1 saturated heterocycles. The highest BCUT2D eigenvalue weighted by Gasteiger charge is 2.41. The Kier molecular flexibility index (Phi) is 8.19. The van der Waals surface area contributed by atoms with Gasteiger partial charge in [0.05, 0.1) is 0 Å². The zero-order valence-corrected chi connectivity index (χ0v) is 19.1. The Hall–Kier alpha value is -2.53. The van der Waals surface area contributed by atoms with Gasteiger partial charge in [0, 0.05) is 32.0 Å². The molecule has 174 valence electrons. The third-order valence-corrected chi connectivity index (χ3v) is 7.42. The Labute approximate surface area is 189 Å². The van der Waals surface area contributed by atoms with Crippen molar-refractivity contribution < 1.29 is 23.2 Å². The van der Waals surface area contributed by atoms with Crippen LogP contribution >= 0.6 is 0 Å². The normalized spacial score (nSPS) is 16.8. The predicted octanol–water partition coefficient (Wildman–Crippen LogP) is 2.20. The predicted molar refractivity (Wildman–Crippen MR) is 119 cm³/mol. The zero-order chi connectivity index (χ0) is 23.1. The van der Waals surface area contributed by atoms with Crippen LogP contribution in [0.15, 0.2) is 54.9 Å². The number of hydroxylamine groups is 1. The van der Waals surface area contributed by atoms with E-state index < -0.39 is 22.2 Å². The molecule has 2 N–H and O–H groups in total. The summed E-state index contributed by atoms with van der Waals surface area (Å²) >= 11 is 0. The van der Waals surface area contributed by atoms with Gasteiger partial charge >= 0.3 is 0 Å². The zero-order valence-electron chi connectivity index (χ0n) is 18.3. The minimum Gasteiger partial charge on any atom is -0.490 e. The van der Waals surface area contributed by atoms with E-state index in [0.29, 0.717) is 18.4 Å². The second kappa shape index (κ2) is 10.9. The molecule has 9 nitrogen and oxygen atoms in total. The Morgan fingerprint density at radius 3 is 2.47 bits per heavy atom. The summed E-state index contributed by atoms with van der Waals surface area (Å²) in [6.45, 7) is 3.99. The number of hydrogen-bond donors (Lipinski definition) is 2. The van der Waals surface area contributed by atoms with Gasteiger partial charge in [0.15, 0.2) is 0 Å². The Bertz CT molecular complexity index is 964. The van der Waals surface area contributed by atoms with E-state index in [1.807, 2.05) is 30.3 Å². The lowest BCUT2D eigenvalue weighted by molar-refractivity contribution is -0.134. The van der Waals surface area contributed by atoms with Gasteiger partial charge in [-0.3, -0.25) is 15.0 Å². The summed E-state index contributed by atoms with van der Waals surface area (Å²) in [4.78, 5) is 16.5. The monoisotopic (exact) mass is 462 g/mol. The number of benzene rings is 1. The minimum absolute atomic E-state index is 0.0348. The van der Waals surface area contributed by atoms with Crippen LogP contribution in [-0.4, -0.2) is 58.4 Å². The molecule has 1 fully saturated rings. The molecule has 1 aliphatic heterocycles. The van der Waals surface area contributed by atoms with E-state index in [1.54, 1.807) is 43.9 Å². The second-order valence-electron chi connectivity index (χ2n) is 8.11. The smallest absolute Gasteiger partial charge is 0.283 e. The highest BCUT2D eigenvalue weighted by Crippen LogP contribution is 2.26. The molecule has 2 aromatic rings. The fraction of sp³-hybridized carbons (Fsp3) is 0.455. The minimum atomic E-state index is -4.01. The van der Waals surface area contributed by atoms with E-state index in [2.05, 4.69) is 4.98 Å². The summed E-state index contributed by atoms with van der Waals surface area (Å²) in [5.74, 6) is -0.381. The summed E-state index contributed by atoms with van der Waals surface area (Å²) in [6.07, 6.45) is 4.15. The van der Waals surface area contributed by atoms with Gasteiger partial charge in [0.2, 0.25) is 0 Å². The summed E-state index contributed by atoms with van der Waals surface area (Å²) in [5, 5.41) is 9.26. The fourth-order valence-electron chi connectivity index (χ4n) is 3.85. The van der Waals surface area contributed by atoms with Gasteiger partial charge in [0.25, 0.3) is 16.1 Å². The van der Waals surface area contributed by atoms with E-state index in [4.69, 9.17) is 4.74 Å². The number of aromatic nitrogens is 1. The maximum Gasteiger partial charge on any atom is 0.283 e. The summed E-state index contributed by atoms with van der Waals surface area (Å²) < 4.78 is 35.8. The number of pyridine rings is 1. The lowest BCUT2D eigenvalue weighted by Crippen LogP contribution is -2.56. The lowest BCUT2D eigenvalue weighted by atomic mass is 10.0. The SMILES string of the molecule is CC(C)[C@H](C(=O)NO)N(Cc1cccnc1)S(=O)(=O)N1CCC(Oc2ccccc2)CC1. The topological polar surface area (TPSA) is 112 Å². The van der Waals surface area contributed by atoms with Crippen molar-refractivity contribution in [2.24, 2.45) is 5.92 Å². The van der Waals surface area contributed by atoms with Crippen molar-refractivity contribution in [3.8, 4) is 5.75 Å². The van der Waals surface area contributed by atoms with Crippen molar-refractivity contribution >= 4 is 16.1 Å². The van der Waals surface area contributed by atoms with E-state index in [9.17, 15) is 18.4 Å². The lowest BCUT2D eigenvalue weighted by Gasteiger charge is -2.38. The number of carbonyl (C=O) groups is 1. The molecule has 1 aliphatic rings. The molecule has 10 heteroatoms. The average molecular weight is 463 g/mol. The Morgan fingerprint density at radius 1 is 1.22 bits per heavy atom. The van der Waals surface area contributed by atoms with Crippen LogP contribution in [0.4, 0.5) is 0 Å². The largest absolute Gasteiger partial charge is 0.490 e. The van der Waals surface area contributed by atoms with Gasteiger partial charge in [-0.2, -0.15) is 17.0 Å². The molecule has 0 saturated carbocycles. The number of ether oxygens (including phenoxy) is 1. The van der Waals surface area contributed by atoms with E-state index >= 15 is 0 Å². The molecule has 0 aliphatic carbocycles. The molecule has 1 amide bonds. The first-order valence-corrected chi connectivity index (χ1v) is 12.0. The number of rotatable bonds is 9. The van der Waals surface area contributed by atoms with Crippen molar-refractivity contribution in [1.82, 2.24) is 19.1 Å². The maximum atomic E-state index is 13.7. The van der Waals surface area contributed by atoms with Crippen LogP contribution in [0.25, 0.3) is 0 Å². The molecule has 0 spiro atoms. The summed E-state index contributed by atoms with van der Waals surface area (Å²) in [7, 11) is -4.01. The van der Waals surface area contributed by atoms with Crippen LogP contribution in [0.3, 0.4) is 0 Å². The van der Waals surface area contributed by atoms with Crippen molar-refractivity contribution in [3.05, 3.63) is 60.4 Å². The Balaban J connectivity index is 1.79. The number of nitrogens with zero attached hydrogens (tertiary/aromatic N) is 3. The first-order chi connectivity index (χ1) is 15.3. The molecule has 2 heterocycles. The van der Waals surface area contributed by atoms with Gasteiger partial charge in [-0.05, 0) is 42.5 Å². The van der Waals surface area contributed by atoms with Crippen molar-refractivity contribution in [1.29, 1.82) is 0 Å². The third kappa shape index (κ3) is 5.83. The van der Waals surface area contributed by atoms with Crippen LogP contribution < -0.4 is 10.2 Å². The van der Waals surface area contributed by atoms with E-state index in [1.165, 1.54) is 4.31 Å². The van der Waals surface area contributed by atoms with Gasteiger partial charge in [-0.15, -0.1) is 0 Å². The number of hydrogen-bond acceptors (Lipinski definition) is 6. The van der Waals surface area contributed by atoms with Gasteiger partial charge in [-0.25, -0.2) is 5.48 Å². The standard InChI is InChI=1S/C22H30N4O5S/c1-17(2)21(22(27)24-28)26(16-18-7-6-12-23-15-18)32(29,30)25-13-10-20(11-14-25)31-19-8-4-3-5-9-19/h3-9,12,15,17,20-21,28H,10-11,13-14,16H2,1-2H3,(H,24,27)/t21-/m1/s1. The van der Waals surface area contributed by atoms with E-state index in [-0.39, 0.29) is 31.7 Å². The van der Waals surface area contributed by atoms with Gasteiger partial charge < -0.3 is 4.74 Å². The quantitative estimate of drug-likeness (QED) is 0.436. The van der Waals surface area contributed by atoms with Crippen molar-refractivity contribution in [2.75, 3.05) is 13.1 Å². The Morgan fingerprint density at radius 2 is 1.91 bits per heavy atom. The van der Waals surface area contributed by atoms with Crippen molar-refractivity contribution in [3.63, 3.8) is 0 Å². The number of piperidine rings is 1. The molecular weight excluding hydrogens is 432 g/mol. The van der Waals surface area contributed by atoms with E-state index in [0.717, 1.165) is 10.1 Å². The number of amides is 1. The molecular formula is C22H30N4O5S. The highest BCUT2D eigenvalue weighted by atomic mass is 32.2. The van der Waals surface area contributed by atoms with Crippen LogP contribution in [0, 0.1) is 5.92 Å². The maximum absolute atomic E-state index is 13.7. The highest BCUT2D eigenvalue weighted by molar-refractivity contribution is 7.86. The number of para-hydroxylation sites is 1. The molecule has 1 atom stereocenters. The number of carbonyl (C=O) groups excluding carboxylic acids is 1. The van der Waals surface area contributed by atoms with Gasteiger partial charge in [0.1, 0.15) is 17.9 Å². The number of nitrogens with one attached hydrogen (secondary N) is 1. The molecule has 0 bridgehead atoms. The fourth-order valence-corrected chi connectivity index (χ4v) is 5.76. The van der Waals surface area contributed by atoms with Crippen molar-refractivity contribution in [2.45, 2.75) is 45.4 Å². The summed E-state index contributed by atoms with van der Waals surface area (Å²) in [6, 6.07) is 11.8. The molecule has 1 aromatic carbocycles. The molecule has 1 aromatic heterocycles. The van der Waals surface area contributed by atoms with Crippen LogP contribution in [0.2, 0.25) is 0 Å². The second-order valence-corrected chi connectivity index (χ2v) is 9.99.